The summed E-state index contributed by atoms with van der Waals surface area (Å²) in [5, 5.41) is 2.72. The zero-order chi connectivity index (χ0) is 17.4. The van der Waals surface area contributed by atoms with E-state index in [1.54, 1.807) is 25.7 Å². The van der Waals surface area contributed by atoms with Crippen LogP contribution >= 0.6 is 0 Å². The third kappa shape index (κ3) is 2.62. The molecule has 1 aliphatic heterocycles. The van der Waals surface area contributed by atoms with Crippen LogP contribution in [-0.4, -0.2) is 39.7 Å². The maximum absolute atomic E-state index is 12.7. The van der Waals surface area contributed by atoms with Crippen molar-refractivity contribution in [3.63, 3.8) is 0 Å². The monoisotopic (exact) mass is 328 g/mol. The predicted molar refractivity (Wildman–Crippen MR) is 90.1 cm³/mol. The molecule has 1 unspecified atom stereocenters. The zero-order valence-corrected chi connectivity index (χ0v) is 13.9. The van der Waals surface area contributed by atoms with E-state index in [1.807, 2.05) is 30.3 Å². The van der Waals surface area contributed by atoms with Gasteiger partial charge in [0.1, 0.15) is 5.69 Å². The minimum Gasteiger partial charge on any atom is -0.345 e. The Bertz CT molecular complexity index is 851. The normalized spacial score (nSPS) is 17.4. The molecule has 0 saturated carbocycles. The minimum atomic E-state index is -0.424. The molecule has 3 rings (SSSR count). The number of anilines is 1. The molecule has 2 heterocycles. The number of carbonyl (C=O) groups is 2. The molecule has 1 atom stereocenters. The number of carbonyl (C=O) groups excluding carboxylic acids is 2. The van der Waals surface area contributed by atoms with E-state index in [1.165, 1.54) is 9.58 Å². The van der Waals surface area contributed by atoms with Crippen molar-refractivity contribution in [1.29, 1.82) is 0 Å². The third-order valence-corrected chi connectivity index (χ3v) is 4.51. The summed E-state index contributed by atoms with van der Waals surface area (Å²) in [6, 6.07) is 9.24. The molecule has 1 aliphatic rings. The van der Waals surface area contributed by atoms with Gasteiger partial charge in [0.2, 0.25) is 11.8 Å². The molecule has 0 radical (unpaired) electrons. The van der Waals surface area contributed by atoms with Gasteiger partial charge < -0.3 is 10.2 Å². The van der Waals surface area contributed by atoms with E-state index in [4.69, 9.17) is 0 Å². The van der Waals surface area contributed by atoms with Crippen LogP contribution in [0.2, 0.25) is 0 Å². The first-order valence-corrected chi connectivity index (χ1v) is 7.79. The van der Waals surface area contributed by atoms with Gasteiger partial charge >= 0.3 is 0 Å². The highest BCUT2D eigenvalue weighted by atomic mass is 16.2. The van der Waals surface area contributed by atoms with Crippen LogP contribution in [0.5, 0.6) is 0 Å². The van der Waals surface area contributed by atoms with Gasteiger partial charge in [-0.15, -0.1) is 0 Å². The van der Waals surface area contributed by atoms with Crippen LogP contribution in [0.15, 0.2) is 35.1 Å². The molecule has 1 aromatic carbocycles. The molecule has 24 heavy (non-hydrogen) atoms. The lowest BCUT2D eigenvalue weighted by Crippen LogP contribution is -2.28. The summed E-state index contributed by atoms with van der Waals surface area (Å²) in [6.07, 6.45) is 0.182. The molecule has 0 aliphatic carbocycles. The van der Waals surface area contributed by atoms with Crippen molar-refractivity contribution >= 4 is 17.5 Å². The number of benzene rings is 1. The lowest BCUT2D eigenvalue weighted by molar-refractivity contribution is -0.127. The lowest BCUT2D eigenvalue weighted by Gasteiger charge is -2.10. The van der Waals surface area contributed by atoms with E-state index in [9.17, 15) is 14.4 Å². The Labute approximate surface area is 139 Å². The average Bonchev–Trinajstić information content (AvgIpc) is 3.01. The van der Waals surface area contributed by atoms with Crippen LogP contribution in [-0.2, 0) is 16.6 Å². The van der Waals surface area contributed by atoms with Gasteiger partial charge in [-0.05, 0) is 19.1 Å². The molecule has 1 aromatic heterocycles. The summed E-state index contributed by atoms with van der Waals surface area (Å²) in [4.78, 5) is 38.3. The van der Waals surface area contributed by atoms with Gasteiger partial charge in [-0.1, -0.05) is 18.2 Å². The van der Waals surface area contributed by atoms with Crippen LogP contribution in [0.25, 0.3) is 5.69 Å². The minimum absolute atomic E-state index is 0.0540. The molecule has 7 nitrogen and oxygen atoms in total. The standard InChI is InChI=1S/C17H20N4O3/c1-11-15(18-16(23)12-9-14(22)19(2)10-12)17(24)21(20(11)3)13-7-5-4-6-8-13/h4-8,12H,9-10H2,1-3H3,(H,18,23). The summed E-state index contributed by atoms with van der Waals surface area (Å²) >= 11 is 0. The van der Waals surface area contributed by atoms with Crippen molar-refractivity contribution < 1.29 is 9.59 Å². The quantitative estimate of drug-likeness (QED) is 0.909. The van der Waals surface area contributed by atoms with Crippen LogP contribution in [0.1, 0.15) is 12.1 Å². The van der Waals surface area contributed by atoms with Gasteiger partial charge in [0.15, 0.2) is 0 Å². The Morgan fingerprint density at radius 1 is 1.17 bits per heavy atom. The molecule has 0 bridgehead atoms. The van der Waals surface area contributed by atoms with Crippen LogP contribution < -0.4 is 10.9 Å². The van der Waals surface area contributed by atoms with Gasteiger partial charge in [0, 0.05) is 27.1 Å². The molecule has 1 saturated heterocycles. The largest absolute Gasteiger partial charge is 0.345 e. The third-order valence-electron chi connectivity index (χ3n) is 4.51. The Kier molecular flexibility index (Phi) is 4.01. The summed E-state index contributed by atoms with van der Waals surface area (Å²) in [7, 11) is 3.44. The van der Waals surface area contributed by atoms with Crippen molar-refractivity contribution in [1.82, 2.24) is 14.3 Å². The number of para-hydroxylation sites is 1. The summed E-state index contributed by atoms with van der Waals surface area (Å²) in [5.41, 5.74) is 1.36. The van der Waals surface area contributed by atoms with Gasteiger partial charge in [0.25, 0.3) is 5.56 Å². The number of hydrogen-bond donors (Lipinski definition) is 1. The average molecular weight is 328 g/mol. The van der Waals surface area contributed by atoms with Crippen molar-refractivity contribution in [3.8, 4) is 5.69 Å². The Balaban J connectivity index is 1.91. The Morgan fingerprint density at radius 3 is 2.42 bits per heavy atom. The van der Waals surface area contributed by atoms with Gasteiger partial charge in [0.05, 0.1) is 17.3 Å². The second kappa shape index (κ2) is 5.99. The number of amides is 2. The van der Waals surface area contributed by atoms with Crippen LogP contribution in [0, 0.1) is 12.8 Å². The van der Waals surface area contributed by atoms with Crippen molar-refractivity contribution in [2.45, 2.75) is 13.3 Å². The van der Waals surface area contributed by atoms with Crippen molar-refractivity contribution in [3.05, 3.63) is 46.4 Å². The highest BCUT2D eigenvalue weighted by Crippen LogP contribution is 2.19. The summed E-state index contributed by atoms with van der Waals surface area (Å²) in [6.45, 7) is 2.16. The second-order valence-corrected chi connectivity index (χ2v) is 6.10. The van der Waals surface area contributed by atoms with E-state index < -0.39 is 5.92 Å². The fourth-order valence-corrected chi connectivity index (χ4v) is 2.98. The number of nitrogens with one attached hydrogen (secondary N) is 1. The lowest BCUT2D eigenvalue weighted by atomic mass is 10.1. The van der Waals surface area contributed by atoms with E-state index in [2.05, 4.69) is 5.32 Å². The molecular weight excluding hydrogens is 308 g/mol. The van der Waals surface area contributed by atoms with Crippen LogP contribution in [0.4, 0.5) is 5.69 Å². The van der Waals surface area contributed by atoms with E-state index in [0.717, 1.165) is 5.69 Å². The van der Waals surface area contributed by atoms with Crippen LogP contribution in [0.3, 0.4) is 0 Å². The molecule has 2 aromatic rings. The topological polar surface area (TPSA) is 76.3 Å². The smallest absolute Gasteiger partial charge is 0.295 e. The maximum Gasteiger partial charge on any atom is 0.295 e. The molecule has 126 valence electrons. The highest BCUT2D eigenvalue weighted by molar-refractivity contribution is 5.97. The fourth-order valence-electron chi connectivity index (χ4n) is 2.98. The molecule has 2 amide bonds. The van der Waals surface area contributed by atoms with E-state index in [-0.39, 0.29) is 29.5 Å². The number of rotatable bonds is 3. The Hall–Kier alpha value is -2.83. The second-order valence-electron chi connectivity index (χ2n) is 6.10. The number of aromatic nitrogens is 2. The maximum atomic E-state index is 12.7. The molecule has 1 fully saturated rings. The highest BCUT2D eigenvalue weighted by Gasteiger charge is 2.33. The molecule has 7 heteroatoms. The number of hydrogen-bond acceptors (Lipinski definition) is 3. The SMILES string of the molecule is Cc1c(NC(=O)C2CC(=O)N(C)C2)c(=O)n(-c2ccccc2)n1C. The van der Waals surface area contributed by atoms with Crippen molar-refractivity contribution in [2.24, 2.45) is 13.0 Å². The summed E-state index contributed by atoms with van der Waals surface area (Å²) in [5.74, 6) is -0.771. The van der Waals surface area contributed by atoms with E-state index >= 15 is 0 Å². The first-order chi connectivity index (χ1) is 11.4. The predicted octanol–water partition coefficient (Wildman–Crippen LogP) is 0.901. The first kappa shape index (κ1) is 16.0. The molecular formula is C17H20N4O3. The summed E-state index contributed by atoms with van der Waals surface area (Å²) < 4.78 is 3.22. The molecule has 0 spiro atoms. The van der Waals surface area contributed by atoms with Crippen molar-refractivity contribution in [2.75, 3.05) is 18.9 Å². The number of nitrogens with zero attached hydrogens (tertiary/aromatic N) is 3. The number of likely N-dealkylation sites (tertiary alicyclic amines) is 1. The van der Waals surface area contributed by atoms with Gasteiger partial charge in [-0.3, -0.25) is 19.1 Å². The molecule has 1 N–H and O–H groups in total. The zero-order valence-electron chi connectivity index (χ0n) is 13.9. The van der Waals surface area contributed by atoms with E-state index in [0.29, 0.717) is 12.2 Å². The first-order valence-electron chi connectivity index (χ1n) is 7.79. The van der Waals surface area contributed by atoms with Gasteiger partial charge in [-0.25, -0.2) is 4.68 Å². The van der Waals surface area contributed by atoms with Gasteiger partial charge in [-0.2, -0.15) is 0 Å². The fraction of sp³-hybridized carbons (Fsp3) is 0.353. The Morgan fingerprint density at radius 2 is 1.83 bits per heavy atom.